The van der Waals surface area contributed by atoms with E-state index in [1.54, 1.807) is 12.4 Å². The van der Waals surface area contributed by atoms with Gasteiger partial charge in [0, 0.05) is 24.3 Å². The van der Waals surface area contributed by atoms with Crippen LogP contribution in [0.25, 0.3) is 10.9 Å². The fourth-order valence-electron chi connectivity index (χ4n) is 2.15. The van der Waals surface area contributed by atoms with Gasteiger partial charge in [0.1, 0.15) is 0 Å². The van der Waals surface area contributed by atoms with Crippen LogP contribution in [0.3, 0.4) is 0 Å². The van der Waals surface area contributed by atoms with Gasteiger partial charge in [-0.05, 0) is 24.6 Å². The lowest BCUT2D eigenvalue weighted by Gasteiger charge is -2.23. The second-order valence-corrected chi connectivity index (χ2v) is 4.44. The molecule has 0 aliphatic rings. The summed E-state index contributed by atoms with van der Waals surface area (Å²) < 4.78 is 0. The summed E-state index contributed by atoms with van der Waals surface area (Å²) in [4.78, 5) is 5.99. The average molecular weight is 252 g/mol. The van der Waals surface area contributed by atoms with E-state index in [9.17, 15) is 0 Å². The summed E-state index contributed by atoms with van der Waals surface area (Å²) in [5.41, 5.74) is 2.11. The van der Waals surface area contributed by atoms with Crippen LogP contribution in [0.1, 0.15) is 13.3 Å². The minimum atomic E-state index is 0.915. The predicted octanol–water partition coefficient (Wildman–Crippen LogP) is 3.11. The van der Waals surface area contributed by atoms with Gasteiger partial charge in [0.15, 0.2) is 0 Å². The Hall–Kier alpha value is -2.36. The number of hydrogen-bond donors (Lipinski definition) is 0. The third-order valence-corrected chi connectivity index (χ3v) is 3.05. The lowest BCUT2D eigenvalue weighted by molar-refractivity contribution is 0.611. The van der Waals surface area contributed by atoms with Crippen molar-refractivity contribution >= 4 is 16.6 Å². The van der Waals surface area contributed by atoms with Crippen LogP contribution in [0.2, 0.25) is 0 Å². The minimum Gasteiger partial charge on any atom is -0.265 e. The molecule has 1 aromatic carbocycles. The van der Waals surface area contributed by atoms with Crippen LogP contribution >= 0.6 is 0 Å². The highest BCUT2D eigenvalue weighted by Crippen LogP contribution is 2.17. The average Bonchev–Trinajstić information content (AvgIpc) is 2.89. The standard InChI is InChI=1S/C15H16N4/c1-2-11-18(14-7-9-16-10-8-14)19-12-13-5-3-4-6-15(13)17-19/h3-10,12H,2,11H2,1H3. The molecule has 2 heterocycles. The molecule has 0 saturated carbocycles. The Kier molecular flexibility index (Phi) is 3.14. The Labute approximate surface area is 112 Å². The molecule has 0 atom stereocenters. The van der Waals surface area contributed by atoms with Gasteiger partial charge in [-0.15, -0.1) is 0 Å². The Morgan fingerprint density at radius 2 is 1.89 bits per heavy atom. The summed E-state index contributed by atoms with van der Waals surface area (Å²) in [6.45, 7) is 3.08. The first-order valence-corrected chi connectivity index (χ1v) is 6.51. The highest BCUT2D eigenvalue weighted by molar-refractivity contribution is 5.77. The molecule has 0 aliphatic heterocycles. The number of benzene rings is 1. The summed E-state index contributed by atoms with van der Waals surface area (Å²) >= 11 is 0. The largest absolute Gasteiger partial charge is 0.265 e. The molecule has 0 bridgehead atoms. The van der Waals surface area contributed by atoms with Crippen molar-refractivity contribution in [3.05, 3.63) is 55.0 Å². The molecule has 4 heteroatoms. The van der Waals surface area contributed by atoms with Gasteiger partial charge in [0.05, 0.1) is 17.4 Å². The maximum absolute atomic E-state index is 4.63. The van der Waals surface area contributed by atoms with Gasteiger partial charge in [-0.1, -0.05) is 25.1 Å². The van der Waals surface area contributed by atoms with Crippen molar-refractivity contribution in [2.45, 2.75) is 13.3 Å². The number of anilines is 1. The Morgan fingerprint density at radius 1 is 1.11 bits per heavy atom. The Balaban J connectivity index is 2.04. The monoisotopic (exact) mass is 252 g/mol. The molecule has 3 aromatic rings. The molecule has 0 radical (unpaired) electrons. The summed E-state index contributed by atoms with van der Waals surface area (Å²) in [5, 5.41) is 7.94. The van der Waals surface area contributed by atoms with Crippen LogP contribution in [0.5, 0.6) is 0 Å². The van der Waals surface area contributed by atoms with E-state index in [1.165, 1.54) is 0 Å². The number of pyridine rings is 1. The molecule has 2 aromatic heterocycles. The van der Waals surface area contributed by atoms with Crippen molar-refractivity contribution in [1.29, 1.82) is 0 Å². The van der Waals surface area contributed by atoms with Crippen molar-refractivity contribution in [3.63, 3.8) is 0 Å². The molecule has 0 unspecified atom stereocenters. The SMILES string of the molecule is CCCN(c1ccncc1)n1cc2ccccc2n1. The van der Waals surface area contributed by atoms with Crippen LogP contribution in [0, 0.1) is 0 Å². The van der Waals surface area contributed by atoms with Crippen molar-refractivity contribution in [2.75, 3.05) is 11.6 Å². The van der Waals surface area contributed by atoms with Crippen LogP contribution in [0.15, 0.2) is 55.0 Å². The Bertz CT molecular complexity index is 627. The second-order valence-electron chi connectivity index (χ2n) is 4.44. The van der Waals surface area contributed by atoms with Gasteiger partial charge in [0.2, 0.25) is 0 Å². The van der Waals surface area contributed by atoms with Crippen molar-refractivity contribution < 1.29 is 0 Å². The molecule has 96 valence electrons. The molecular weight excluding hydrogens is 236 g/mol. The lowest BCUT2D eigenvalue weighted by atomic mass is 10.3. The normalized spacial score (nSPS) is 10.8. The van der Waals surface area contributed by atoms with E-state index in [4.69, 9.17) is 0 Å². The molecule has 19 heavy (non-hydrogen) atoms. The third kappa shape index (κ3) is 2.29. The number of hydrogen-bond acceptors (Lipinski definition) is 3. The molecule has 0 saturated heterocycles. The van der Waals surface area contributed by atoms with E-state index in [0.717, 1.165) is 29.6 Å². The maximum Gasteiger partial charge on any atom is 0.0944 e. The van der Waals surface area contributed by atoms with E-state index in [-0.39, 0.29) is 0 Å². The van der Waals surface area contributed by atoms with Crippen LogP contribution < -0.4 is 5.01 Å². The fraction of sp³-hybridized carbons (Fsp3) is 0.200. The van der Waals surface area contributed by atoms with Gasteiger partial charge in [-0.3, -0.25) is 9.99 Å². The Morgan fingerprint density at radius 3 is 2.63 bits per heavy atom. The molecule has 0 N–H and O–H groups in total. The smallest absolute Gasteiger partial charge is 0.0944 e. The first kappa shape index (κ1) is 11.7. The number of nitrogens with zero attached hydrogens (tertiary/aromatic N) is 4. The van der Waals surface area contributed by atoms with Crippen molar-refractivity contribution in [1.82, 2.24) is 14.9 Å². The van der Waals surface area contributed by atoms with E-state index in [1.807, 2.05) is 35.1 Å². The zero-order valence-electron chi connectivity index (χ0n) is 10.9. The molecular formula is C15H16N4. The van der Waals surface area contributed by atoms with Crippen LogP contribution in [-0.4, -0.2) is 21.4 Å². The first-order valence-electron chi connectivity index (χ1n) is 6.51. The summed E-state index contributed by atoms with van der Waals surface area (Å²) in [5.74, 6) is 0. The van der Waals surface area contributed by atoms with Gasteiger partial charge < -0.3 is 0 Å². The van der Waals surface area contributed by atoms with Crippen molar-refractivity contribution in [3.8, 4) is 0 Å². The lowest BCUT2D eigenvalue weighted by Crippen LogP contribution is -2.30. The van der Waals surface area contributed by atoms with E-state index >= 15 is 0 Å². The zero-order valence-corrected chi connectivity index (χ0v) is 10.9. The highest BCUT2D eigenvalue weighted by Gasteiger charge is 2.09. The van der Waals surface area contributed by atoms with Gasteiger partial charge >= 0.3 is 0 Å². The van der Waals surface area contributed by atoms with Crippen LogP contribution in [0.4, 0.5) is 5.69 Å². The maximum atomic E-state index is 4.63. The van der Waals surface area contributed by atoms with E-state index < -0.39 is 0 Å². The summed E-state index contributed by atoms with van der Waals surface area (Å²) in [6.07, 6.45) is 6.73. The number of rotatable bonds is 4. The molecule has 0 aliphatic carbocycles. The number of aromatic nitrogens is 3. The summed E-state index contributed by atoms with van der Waals surface area (Å²) in [7, 11) is 0. The molecule has 3 rings (SSSR count). The van der Waals surface area contributed by atoms with Crippen molar-refractivity contribution in [2.24, 2.45) is 0 Å². The molecule has 0 spiro atoms. The van der Waals surface area contributed by atoms with E-state index in [0.29, 0.717) is 0 Å². The van der Waals surface area contributed by atoms with Gasteiger partial charge in [-0.25, -0.2) is 0 Å². The molecule has 0 fully saturated rings. The quantitative estimate of drug-likeness (QED) is 0.715. The van der Waals surface area contributed by atoms with E-state index in [2.05, 4.69) is 34.3 Å². The van der Waals surface area contributed by atoms with Gasteiger partial charge in [-0.2, -0.15) is 9.89 Å². The predicted molar refractivity (Wildman–Crippen MR) is 77.0 cm³/mol. The highest BCUT2D eigenvalue weighted by atomic mass is 15.7. The minimum absolute atomic E-state index is 0.915. The summed E-state index contributed by atoms with van der Waals surface area (Å²) in [6, 6.07) is 12.2. The van der Waals surface area contributed by atoms with Crippen LogP contribution in [-0.2, 0) is 0 Å². The molecule has 0 amide bonds. The van der Waals surface area contributed by atoms with Gasteiger partial charge in [0.25, 0.3) is 0 Å². The second kappa shape index (κ2) is 5.10. The fourth-order valence-corrected chi connectivity index (χ4v) is 2.15. The topological polar surface area (TPSA) is 34.0 Å². The first-order chi connectivity index (χ1) is 9.38. The third-order valence-electron chi connectivity index (χ3n) is 3.05. The zero-order chi connectivity index (χ0) is 13.1. The number of fused-ring (bicyclic) bond motifs is 1. The molecule has 4 nitrogen and oxygen atoms in total.